The van der Waals surface area contributed by atoms with E-state index in [4.69, 9.17) is 14.5 Å². The number of anilines is 1. The largest absolute Gasteiger partial charge is 0.489 e. The number of Topliss-reactive ketones (excluding diaryl/α,β-unsaturated/α-hetero) is 1. The molecule has 2 aliphatic carbocycles. The molecule has 262 valence electrons. The topological polar surface area (TPSA) is 103 Å². The first-order valence-electron chi connectivity index (χ1n) is 17.3. The Balaban J connectivity index is 1.01. The number of carbonyl (C=O) groups excluding carboxylic acids is 4. The minimum Gasteiger partial charge on any atom is -0.489 e. The fourth-order valence-corrected chi connectivity index (χ4v) is 9.94. The highest BCUT2D eigenvalue weighted by atomic mass is 79.9. The average Bonchev–Trinajstić information content (AvgIpc) is 3.78. The molecule has 3 aliphatic rings. The Morgan fingerprint density at radius 1 is 0.846 bits per heavy atom. The van der Waals surface area contributed by atoms with E-state index in [0.29, 0.717) is 45.8 Å². The van der Waals surface area contributed by atoms with Crippen molar-refractivity contribution in [1.82, 2.24) is 4.98 Å². The zero-order chi connectivity index (χ0) is 36.3. The van der Waals surface area contributed by atoms with Gasteiger partial charge in [-0.25, -0.2) is 9.78 Å². The molecular weight excluding hydrogens is 788 g/mol. The number of pyridine rings is 1. The first-order chi connectivity index (χ1) is 25.1. The number of fused-ring (bicyclic) bond motifs is 6. The van der Waals surface area contributed by atoms with Crippen LogP contribution in [0.5, 0.6) is 5.75 Å². The third-order valence-corrected chi connectivity index (χ3v) is 13.9. The molecule has 2 amide bonds. The Hall–Kier alpha value is -4.67. The van der Waals surface area contributed by atoms with Crippen molar-refractivity contribution in [3.8, 4) is 17.0 Å². The summed E-state index contributed by atoms with van der Waals surface area (Å²) in [6, 6.07) is 30.9. The number of esters is 1. The van der Waals surface area contributed by atoms with E-state index in [9.17, 15) is 19.2 Å². The standard InChI is InChI=1S/C42H34Br2N2O6/c1-22-7-6-10-29-30(42(50)52-23(2)39(47)26-13-17-28(18-14-26)51-21-24-8-4-3-5-9-24)20-33(45-38(22)29)25-11-15-27(16-12-25)46-40(48)34-31-19-32(35(34)41(46)49)37(44)36(31)43/h3-18,20,23,31-32,34-37H,19,21H2,1-2H3. The first kappa shape index (κ1) is 34.4. The minimum atomic E-state index is -1.05. The summed E-state index contributed by atoms with van der Waals surface area (Å²) in [5, 5.41) is 0.606. The second kappa shape index (κ2) is 13.7. The number of ketones is 1. The van der Waals surface area contributed by atoms with E-state index in [1.807, 2.05) is 55.5 Å². The second-order valence-electron chi connectivity index (χ2n) is 13.8. The number of alkyl halides is 2. The summed E-state index contributed by atoms with van der Waals surface area (Å²) in [5.74, 6) is -0.988. The van der Waals surface area contributed by atoms with Crippen LogP contribution in [-0.2, 0) is 20.9 Å². The number of nitrogens with zero attached hydrogens (tertiary/aromatic N) is 2. The van der Waals surface area contributed by atoms with Gasteiger partial charge >= 0.3 is 5.97 Å². The molecule has 8 rings (SSSR count). The summed E-state index contributed by atoms with van der Waals surface area (Å²) in [4.78, 5) is 60.9. The zero-order valence-corrected chi connectivity index (χ0v) is 31.5. The molecule has 2 bridgehead atoms. The van der Waals surface area contributed by atoms with Gasteiger partial charge in [0.1, 0.15) is 12.4 Å². The number of benzene rings is 4. The number of halogens is 2. The van der Waals surface area contributed by atoms with Crippen LogP contribution in [0.15, 0.2) is 103 Å². The molecule has 8 nitrogen and oxygen atoms in total. The third kappa shape index (κ3) is 5.95. The minimum absolute atomic E-state index is 0.131. The van der Waals surface area contributed by atoms with Crippen LogP contribution in [-0.4, -0.2) is 44.3 Å². The molecular formula is C42H34Br2N2O6. The number of imide groups is 1. The first-order valence-corrected chi connectivity index (χ1v) is 19.1. The highest BCUT2D eigenvalue weighted by Gasteiger charge is 2.66. The maximum absolute atomic E-state index is 13.8. The van der Waals surface area contributed by atoms with Crippen LogP contribution in [0.3, 0.4) is 0 Å². The van der Waals surface area contributed by atoms with Crippen molar-refractivity contribution in [2.75, 3.05) is 4.90 Å². The van der Waals surface area contributed by atoms with Crippen molar-refractivity contribution >= 4 is 72.0 Å². The van der Waals surface area contributed by atoms with E-state index < -0.39 is 12.1 Å². The van der Waals surface area contributed by atoms with Gasteiger partial charge in [-0.05, 0) is 85.7 Å². The van der Waals surface area contributed by atoms with Crippen molar-refractivity contribution in [2.24, 2.45) is 23.7 Å². The van der Waals surface area contributed by atoms with Crippen LogP contribution < -0.4 is 9.64 Å². The van der Waals surface area contributed by atoms with Gasteiger partial charge in [-0.3, -0.25) is 19.3 Å². The van der Waals surface area contributed by atoms with Crippen molar-refractivity contribution in [3.63, 3.8) is 0 Å². The zero-order valence-electron chi connectivity index (χ0n) is 28.4. The monoisotopic (exact) mass is 820 g/mol. The highest BCUT2D eigenvalue weighted by Crippen LogP contribution is 2.60. The molecule has 0 N–H and O–H groups in total. The summed E-state index contributed by atoms with van der Waals surface area (Å²) < 4.78 is 11.6. The second-order valence-corrected chi connectivity index (χ2v) is 15.9. The van der Waals surface area contributed by atoms with Gasteiger partial charge in [-0.1, -0.05) is 92.5 Å². The normalized spacial score (nSPS) is 23.9. The summed E-state index contributed by atoms with van der Waals surface area (Å²) >= 11 is 7.50. The van der Waals surface area contributed by atoms with Gasteiger partial charge < -0.3 is 9.47 Å². The predicted molar refractivity (Wildman–Crippen MR) is 205 cm³/mol. The van der Waals surface area contributed by atoms with Crippen molar-refractivity contribution in [2.45, 2.75) is 42.6 Å². The molecule has 0 spiro atoms. The lowest BCUT2D eigenvalue weighted by atomic mass is 9.81. The van der Waals surface area contributed by atoms with Crippen LogP contribution in [0.2, 0.25) is 0 Å². The Morgan fingerprint density at radius 3 is 2.15 bits per heavy atom. The number of amides is 2. The number of para-hydroxylation sites is 1. The molecule has 1 aromatic heterocycles. The Kier molecular flexibility index (Phi) is 9.07. The molecule has 1 aliphatic heterocycles. The molecule has 10 heteroatoms. The molecule has 4 aromatic carbocycles. The molecule has 7 atom stereocenters. The van der Waals surface area contributed by atoms with E-state index in [-0.39, 0.29) is 56.5 Å². The van der Waals surface area contributed by atoms with Crippen molar-refractivity contribution in [3.05, 3.63) is 125 Å². The maximum Gasteiger partial charge on any atom is 0.339 e. The SMILES string of the molecule is Cc1cccc2c(C(=O)OC(C)C(=O)c3ccc(OCc4ccccc4)cc3)cc(-c3ccc(N4C(=O)C5C6CC(C(Br)C6Br)C5C4=O)cc3)nc12. The van der Waals surface area contributed by atoms with Crippen LogP contribution in [0.25, 0.3) is 22.2 Å². The maximum atomic E-state index is 13.8. The summed E-state index contributed by atoms with van der Waals surface area (Å²) in [6.07, 6.45) is -0.182. The van der Waals surface area contributed by atoms with Crippen LogP contribution in [0.4, 0.5) is 5.69 Å². The molecule has 0 radical (unpaired) electrons. The fraction of sp³-hybridized carbons (Fsp3) is 0.262. The number of hydrogen-bond acceptors (Lipinski definition) is 7. The smallest absolute Gasteiger partial charge is 0.339 e. The molecule has 7 unspecified atom stereocenters. The molecule has 2 heterocycles. The van der Waals surface area contributed by atoms with Gasteiger partial charge in [0.2, 0.25) is 17.6 Å². The number of hydrogen-bond donors (Lipinski definition) is 0. The van der Waals surface area contributed by atoms with E-state index in [2.05, 4.69) is 31.9 Å². The van der Waals surface area contributed by atoms with Gasteiger partial charge in [-0.2, -0.15) is 0 Å². The predicted octanol–water partition coefficient (Wildman–Crippen LogP) is 8.50. The van der Waals surface area contributed by atoms with E-state index >= 15 is 0 Å². The van der Waals surface area contributed by atoms with Gasteiger partial charge in [0.05, 0.1) is 34.3 Å². The van der Waals surface area contributed by atoms with Crippen LogP contribution in [0, 0.1) is 30.6 Å². The van der Waals surface area contributed by atoms with Gasteiger partial charge in [0.25, 0.3) is 0 Å². The van der Waals surface area contributed by atoms with Crippen LogP contribution in [0.1, 0.15) is 45.2 Å². The Bertz CT molecular complexity index is 2190. The average molecular weight is 823 g/mol. The van der Waals surface area contributed by atoms with Crippen molar-refractivity contribution in [1.29, 1.82) is 0 Å². The number of ether oxygens (including phenoxy) is 2. The summed E-state index contributed by atoms with van der Waals surface area (Å²) in [6.45, 7) is 3.88. The quantitative estimate of drug-likeness (QED) is 0.0636. The van der Waals surface area contributed by atoms with E-state index in [1.165, 1.54) is 4.90 Å². The van der Waals surface area contributed by atoms with Gasteiger partial charge in [0, 0.05) is 26.2 Å². The number of carbonyl (C=O) groups is 4. The molecule has 5 aromatic rings. The fourth-order valence-electron chi connectivity index (χ4n) is 8.06. The third-order valence-electron chi connectivity index (χ3n) is 10.7. The lowest BCUT2D eigenvalue weighted by Gasteiger charge is -2.28. The molecule has 3 fully saturated rings. The lowest BCUT2D eigenvalue weighted by molar-refractivity contribution is -0.123. The van der Waals surface area contributed by atoms with Crippen LogP contribution >= 0.6 is 31.9 Å². The Morgan fingerprint density at radius 2 is 1.50 bits per heavy atom. The highest BCUT2D eigenvalue weighted by molar-refractivity contribution is 9.12. The van der Waals surface area contributed by atoms with Gasteiger partial charge in [-0.15, -0.1) is 0 Å². The Labute approximate surface area is 317 Å². The number of rotatable bonds is 9. The summed E-state index contributed by atoms with van der Waals surface area (Å²) in [5.41, 5.74) is 4.94. The van der Waals surface area contributed by atoms with E-state index in [1.54, 1.807) is 61.5 Å². The number of aryl methyl sites for hydroxylation is 1. The lowest BCUT2D eigenvalue weighted by Crippen LogP contribution is -2.37. The van der Waals surface area contributed by atoms with E-state index in [0.717, 1.165) is 17.5 Å². The molecule has 2 saturated carbocycles. The molecule has 1 saturated heterocycles. The van der Waals surface area contributed by atoms with Gasteiger partial charge in [0.15, 0.2) is 6.10 Å². The number of aromatic nitrogens is 1. The van der Waals surface area contributed by atoms with Crippen molar-refractivity contribution < 1.29 is 28.7 Å². The summed E-state index contributed by atoms with van der Waals surface area (Å²) in [7, 11) is 0. The molecule has 52 heavy (non-hydrogen) atoms.